The average molecular weight is 626 g/mol. The summed E-state index contributed by atoms with van der Waals surface area (Å²) in [7, 11) is 0. The first-order valence-corrected chi connectivity index (χ1v) is 18.2. The minimum Gasteiger partial charge on any atom is -0.383 e. The minimum atomic E-state index is -0.407. The summed E-state index contributed by atoms with van der Waals surface area (Å²) in [5.41, 5.74) is -0.501. The monoisotopic (exact) mass is 625 g/mol. The molecule has 4 bridgehead atoms. The molecule has 0 aromatic carbocycles. The molecule has 8 heteroatoms. The summed E-state index contributed by atoms with van der Waals surface area (Å²) in [4.78, 5) is 31.4. The quantitative estimate of drug-likeness (QED) is 0.109. The zero-order valence-electron chi connectivity index (χ0n) is 28.3. The van der Waals surface area contributed by atoms with Gasteiger partial charge in [-0.25, -0.2) is 19.6 Å². The maximum absolute atomic E-state index is 7.25. The Balaban J connectivity index is 1.11. The van der Waals surface area contributed by atoms with Crippen molar-refractivity contribution in [3.63, 3.8) is 0 Å². The van der Waals surface area contributed by atoms with Gasteiger partial charge >= 0.3 is 0 Å². The van der Waals surface area contributed by atoms with Crippen molar-refractivity contribution in [1.82, 2.24) is 0 Å². The highest BCUT2D eigenvalue weighted by atomic mass is 17.2. The highest BCUT2D eigenvalue weighted by Gasteiger charge is 2.70. The average Bonchev–Trinajstić information content (AvgIpc) is 3.38. The first kappa shape index (κ1) is 31.1. The van der Waals surface area contributed by atoms with E-state index in [4.69, 9.17) is 45.4 Å². The molecule has 0 N–H and O–H groups in total. The van der Waals surface area contributed by atoms with Gasteiger partial charge in [-0.1, -0.05) is 38.8 Å². The Morgan fingerprint density at radius 1 is 0.733 bits per heavy atom. The molecule has 0 radical (unpaired) electrons. The molecule has 45 heavy (non-hydrogen) atoms. The van der Waals surface area contributed by atoms with Gasteiger partial charge < -0.3 is 14.3 Å². The van der Waals surface area contributed by atoms with Crippen LogP contribution in [-0.4, -0.2) is 59.1 Å². The third kappa shape index (κ3) is 4.50. The van der Waals surface area contributed by atoms with E-state index in [0.717, 1.165) is 57.1 Å². The summed E-state index contributed by atoms with van der Waals surface area (Å²) in [5, 5.41) is 4.79. The van der Waals surface area contributed by atoms with Gasteiger partial charge in [-0.15, -0.1) is 6.42 Å². The molecule has 0 amide bonds. The number of ether oxygens (including phenoxy) is 2. The molecule has 6 aliphatic heterocycles. The van der Waals surface area contributed by atoms with Crippen LogP contribution in [0.4, 0.5) is 0 Å². The van der Waals surface area contributed by atoms with Crippen molar-refractivity contribution in [3.8, 4) is 12.3 Å². The van der Waals surface area contributed by atoms with E-state index in [2.05, 4.69) is 47.5 Å². The first-order chi connectivity index (χ1) is 21.5. The molecule has 10 fully saturated rings. The predicted octanol–water partition coefficient (Wildman–Crippen LogP) is 6.80. The van der Waals surface area contributed by atoms with Crippen LogP contribution in [-0.2, 0) is 33.9 Å². The van der Waals surface area contributed by atoms with E-state index in [0.29, 0.717) is 41.9 Å². The lowest BCUT2D eigenvalue weighted by Gasteiger charge is -2.62. The SMILES string of the molecule is C#CCON=C(C[C@H]1O[C@@H]2C[C@]3(C)CC[C@H]4[C@H](C)CC[C@@H]([C@H]1C)[C@@]24OO3)[C@H]1O[C@@H]2C[C@]3(C)CC[C@H]4[C@H](C)CC[C@@H]([C@H]1C)[C@@]24OO3. The fourth-order valence-electron chi connectivity index (χ4n) is 12.2. The van der Waals surface area contributed by atoms with Crippen molar-refractivity contribution < 1.29 is 33.9 Å². The van der Waals surface area contributed by atoms with E-state index in [1.807, 2.05) is 0 Å². The van der Waals surface area contributed by atoms with E-state index in [1.54, 1.807) is 0 Å². The van der Waals surface area contributed by atoms with Gasteiger partial charge in [0.05, 0.1) is 24.0 Å². The second-order valence-electron chi connectivity index (χ2n) is 17.2. The van der Waals surface area contributed by atoms with Crippen LogP contribution in [0.3, 0.4) is 0 Å². The topological polar surface area (TPSA) is 77.0 Å². The van der Waals surface area contributed by atoms with Crippen LogP contribution < -0.4 is 0 Å². The van der Waals surface area contributed by atoms with Gasteiger partial charge in [0.1, 0.15) is 28.5 Å². The minimum absolute atomic E-state index is 0.00206. The lowest BCUT2D eigenvalue weighted by atomic mass is 9.55. The summed E-state index contributed by atoms with van der Waals surface area (Å²) in [5.74, 6) is 5.82. The molecular formula is C37H55NO7. The highest BCUT2D eigenvalue weighted by Crippen LogP contribution is 2.63. The smallest absolute Gasteiger partial charge is 0.177 e. The van der Waals surface area contributed by atoms with Gasteiger partial charge in [0, 0.05) is 19.3 Å². The first-order valence-electron chi connectivity index (χ1n) is 18.2. The summed E-state index contributed by atoms with van der Waals surface area (Å²) in [6.07, 6.45) is 16.7. The highest BCUT2D eigenvalue weighted by molar-refractivity contribution is 5.89. The third-order valence-corrected chi connectivity index (χ3v) is 14.6. The summed E-state index contributed by atoms with van der Waals surface area (Å²) in [6, 6.07) is 0. The molecule has 16 atom stereocenters. The Hall–Kier alpha value is -1.21. The van der Waals surface area contributed by atoms with Crippen LogP contribution in [0.1, 0.15) is 112 Å². The van der Waals surface area contributed by atoms with E-state index in [-0.39, 0.29) is 59.7 Å². The maximum atomic E-state index is 7.25. The van der Waals surface area contributed by atoms with Gasteiger partial charge in [-0.05, 0) is 113 Å². The molecule has 250 valence electrons. The molecule has 0 unspecified atom stereocenters. The Morgan fingerprint density at radius 3 is 1.87 bits per heavy atom. The standard InChI is InChI=1S/C37H55NO7/c1-8-17-39-38-29(33-24(5)28-12-10-22(3)26-14-16-35(7)20-32(41-33)37(26,28)45-43-35)18-30-23(4)27-11-9-21(2)25-13-15-34(6)19-31(40-30)36(25,27)44-42-34/h1,21-28,30-33H,9-20H2,2-7H3/t21-,22-,23-,24-,25+,26+,27+,28+,30-,31-,32-,33+,34+,35+,36-,37-/m1/s1. The molecule has 6 heterocycles. The van der Waals surface area contributed by atoms with Crippen molar-refractivity contribution >= 4 is 5.71 Å². The summed E-state index contributed by atoms with van der Waals surface area (Å²) < 4.78 is 14.5. The van der Waals surface area contributed by atoms with Gasteiger partial charge in [0.2, 0.25) is 0 Å². The molecule has 8 nitrogen and oxygen atoms in total. The van der Waals surface area contributed by atoms with Crippen LogP contribution >= 0.6 is 0 Å². The van der Waals surface area contributed by atoms with E-state index in [9.17, 15) is 0 Å². The molecule has 6 saturated heterocycles. The molecule has 2 spiro atoms. The number of rotatable bonds is 5. The van der Waals surface area contributed by atoms with Crippen molar-refractivity contribution in [2.75, 3.05) is 6.61 Å². The third-order valence-electron chi connectivity index (χ3n) is 14.6. The van der Waals surface area contributed by atoms with Crippen molar-refractivity contribution in [3.05, 3.63) is 0 Å². The lowest BCUT2D eigenvalue weighted by molar-refractivity contribution is -0.487. The zero-order chi connectivity index (χ0) is 31.4. The van der Waals surface area contributed by atoms with Crippen LogP contribution in [0.25, 0.3) is 0 Å². The fourth-order valence-corrected chi connectivity index (χ4v) is 12.2. The van der Waals surface area contributed by atoms with E-state index < -0.39 is 5.60 Å². The van der Waals surface area contributed by atoms with E-state index >= 15 is 0 Å². The molecule has 0 aromatic heterocycles. The Bertz CT molecular complexity index is 1240. The number of terminal acetylenes is 1. The number of nitrogens with zero attached hydrogens (tertiary/aromatic N) is 1. The zero-order valence-corrected chi connectivity index (χ0v) is 28.3. The van der Waals surface area contributed by atoms with Gasteiger partial charge in [0.25, 0.3) is 0 Å². The predicted molar refractivity (Wildman–Crippen MR) is 168 cm³/mol. The number of fused-ring (bicyclic) bond motifs is 4. The second-order valence-corrected chi connectivity index (χ2v) is 17.2. The molecule has 4 saturated carbocycles. The second kappa shape index (κ2) is 10.9. The Labute approximate surface area is 269 Å². The fraction of sp³-hybridized carbons (Fsp3) is 0.919. The molecular weight excluding hydrogens is 570 g/mol. The number of oxime groups is 1. The summed E-state index contributed by atoms with van der Waals surface area (Å²) in [6.45, 7) is 14.0. The maximum Gasteiger partial charge on any atom is 0.177 e. The largest absolute Gasteiger partial charge is 0.383 e. The van der Waals surface area contributed by atoms with Gasteiger partial charge in [-0.3, -0.25) is 0 Å². The van der Waals surface area contributed by atoms with Gasteiger partial charge in [-0.2, -0.15) is 0 Å². The molecule has 4 aliphatic carbocycles. The van der Waals surface area contributed by atoms with E-state index in [1.165, 1.54) is 12.8 Å². The number of hydrogen-bond donors (Lipinski definition) is 0. The molecule has 0 aromatic rings. The molecule has 10 aliphatic rings. The Morgan fingerprint density at radius 2 is 1.29 bits per heavy atom. The molecule has 10 rings (SSSR count). The number of hydrogen-bond acceptors (Lipinski definition) is 8. The Kier molecular flexibility index (Phi) is 7.53. The van der Waals surface area contributed by atoms with Crippen molar-refractivity contribution in [1.29, 1.82) is 0 Å². The van der Waals surface area contributed by atoms with Crippen LogP contribution in [0.2, 0.25) is 0 Å². The normalized spacial score (nSPS) is 56.8. The van der Waals surface area contributed by atoms with Crippen molar-refractivity contribution in [2.24, 2.45) is 52.5 Å². The van der Waals surface area contributed by atoms with Gasteiger partial charge in [0.15, 0.2) is 6.61 Å². The summed E-state index contributed by atoms with van der Waals surface area (Å²) >= 11 is 0. The lowest BCUT2D eigenvalue weighted by Crippen LogP contribution is -2.71. The van der Waals surface area contributed by atoms with Crippen molar-refractivity contribution in [2.45, 2.75) is 159 Å². The van der Waals surface area contributed by atoms with Crippen LogP contribution in [0.15, 0.2) is 5.16 Å². The van der Waals surface area contributed by atoms with Crippen LogP contribution in [0.5, 0.6) is 0 Å². The van der Waals surface area contributed by atoms with Crippen LogP contribution in [0, 0.1) is 59.7 Å².